The first-order chi connectivity index (χ1) is 23.8. The van der Waals surface area contributed by atoms with E-state index in [2.05, 4.69) is 24.8 Å². The number of rotatable bonds is 39. The Morgan fingerprint density at radius 3 is 0.854 bits per heavy atom. The van der Waals surface area contributed by atoms with Crippen molar-refractivity contribution in [1.29, 1.82) is 0 Å². The zero-order valence-corrected chi connectivity index (χ0v) is 33.1. The molecule has 0 bridgehead atoms. The Balaban J connectivity index is 1.97. The van der Waals surface area contributed by atoms with Crippen LogP contribution < -0.4 is 4.90 Å². The number of nitrogens with zero attached hydrogens (tertiary/aromatic N) is 1. The molecule has 0 fully saturated rings. The normalized spacial score (nSPS) is 11.5. The van der Waals surface area contributed by atoms with Crippen LogP contribution in [0.1, 0.15) is 245 Å². The molecule has 0 radical (unpaired) electrons. The van der Waals surface area contributed by atoms with Gasteiger partial charge in [-0.1, -0.05) is 238 Å². The van der Waals surface area contributed by atoms with E-state index in [-0.39, 0.29) is 0 Å². The number of anilines is 1. The van der Waals surface area contributed by atoms with Gasteiger partial charge in [0, 0.05) is 24.8 Å². The highest BCUT2D eigenvalue weighted by molar-refractivity contribution is 5.50. The molecule has 1 rings (SSSR count). The summed E-state index contributed by atoms with van der Waals surface area (Å²) in [5.41, 5.74) is 1.20. The summed E-state index contributed by atoms with van der Waals surface area (Å²) in [5, 5.41) is 10.1. The minimum Gasteiger partial charge on any atom is -0.508 e. The van der Waals surface area contributed by atoms with Crippen LogP contribution in [0, 0.1) is 0 Å². The Bertz CT molecular complexity index is 707. The van der Waals surface area contributed by atoms with E-state index in [1.54, 1.807) is 6.07 Å². The Morgan fingerprint density at radius 2 is 0.604 bits per heavy atom. The highest BCUT2D eigenvalue weighted by atomic mass is 16.3. The zero-order chi connectivity index (χ0) is 34.4. The number of unbranched alkanes of at least 4 members (excludes halogenated alkanes) is 34. The van der Waals surface area contributed by atoms with Crippen molar-refractivity contribution in [3.63, 3.8) is 0 Å². The number of hydrogen-bond acceptors (Lipinski definition) is 2. The third-order valence-corrected chi connectivity index (χ3v) is 10.8. The average Bonchev–Trinajstić information content (AvgIpc) is 3.09. The largest absolute Gasteiger partial charge is 0.508 e. The molecule has 1 aromatic rings. The van der Waals surface area contributed by atoms with E-state index in [1.807, 2.05) is 12.1 Å². The first-order valence-electron chi connectivity index (χ1n) is 22.3. The van der Waals surface area contributed by atoms with Crippen molar-refractivity contribution in [2.75, 3.05) is 18.0 Å². The van der Waals surface area contributed by atoms with Crippen molar-refractivity contribution in [3.05, 3.63) is 24.3 Å². The lowest BCUT2D eigenvalue weighted by molar-refractivity contribution is 0.475. The van der Waals surface area contributed by atoms with Crippen LogP contribution in [0.4, 0.5) is 5.69 Å². The molecular formula is C46H87NO. The lowest BCUT2D eigenvalue weighted by Crippen LogP contribution is -2.25. The number of phenolic OH excluding ortho intramolecular Hbond substituents is 1. The minimum atomic E-state index is 0.396. The number of phenols is 1. The van der Waals surface area contributed by atoms with Crippen LogP contribution in [0.2, 0.25) is 0 Å². The van der Waals surface area contributed by atoms with Crippen LogP contribution in [0.15, 0.2) is 24.3 Å². The molecule has 0 atom stereocenters. The molecule has 0 aromatic heterocycles. The second-order valence-electron chi connectivity index (χ2n) is 15.5. The van der Waals surface area contributed by atoms with Crippen LogP contribution >= 0.6 is 0 Å². The summed E-state index contributed by atoms with van der Waals surface area (Å²) in [6.45, 7) is 6.86. The van der Waals surface area contributed by atoms with Crippen molar-refractivity contribution in [1.82, 2.24) is 0 Å². The Hall–Kier alpha value is -1.18. The summed E-state index contributed by atoms with van der Waals surface area (Å²) < 4.78 is 0. The minimum absolute atomic E-state index is 0.396. The fourth-order valence-electron chi connectivity index (χ4n) is 7.47. The molecule has 0 heterocycles. The first-order valence-corrected chi connectivity index (χ1v) is 22.3. The van der Waals surface area contributed by atoms with E-state index >= 15 is 0 Å². The number of aromatic hydroxyl groups is 1. The fraction of sp³-hybridized carbons (Fsp3) is 0.870. The van der Waals surface area contributed by atoms with Crippen LogP contribution in [0.25, 0.3) is 0 Å². The second kappa shape index (κ2) is 37.1. The van der Waals surface area contributed by atoms with E-state index < -0.39 is 0 Å². The zero-order valence-electron chi connectivity index (χ0n) is 33.1. The van der Waals surface area contributed by atoms with Gasteiger partial charge in [-0.05, 0) is 25.0 Å². The number of hydrogen-bond donors (Lipinski definition) is 1. The number of benzene rings is 1. The molecular weight excluding hydrogens is 583 g/mol. The summed E-state index contributed by atoms with van der Waals surface area (Å²) in [6, 6.07) is 7.95. The topological polar surface area (TPSA) is 23.5 Å². The van der Waals surface area contributed by atoms with Gasteiger partial charge in [0.05, 0.1) is 0 Å². The van der Waals surface area contributed by atoms with Crippen molar-refractivity contribution in [3.8, 4) is 5.75 Å². The molecule has 2 nitrogen and oxygen atoms in total. The van der Waals surface area contributed by atoms with Crippen molar-refractivity contribution >= 4 is 5.69 Å². The van der Waals surface area contributed by atoms with E-state index in [0.29, 0.717) is 5.75 Å². The highest BCUT2D eigenvalue weighted by Gasteiger charge is 2.07. The maximum absolute atomic E-state index is 10.1. The van der Waals surface area contributed by atoms with Gasteiger partial charge in [-0.15, -0.1) is 0 Å². The Morgan fingerprint density at radius 1 is 0.354 bits per heavy atom. The molecule has 1 N–H and O–H groups in total. The van der Waals surface area contributed by atoms with Gasteiger partial charge < -0.3 is 10.0 Å². The SMILES string of the molecule is CCCCCCCCCCCCCCCCCCCCN(CCCCCCCCCCCCCCCCCCCC)c1cccc(O)c1. The molecule has 0 saturated carbocycles. The molecule has 2 heteroatoms. The van der Waals surface area contributed by atoms with Gasteiger partial charge in [-0.25, -0.2) is 0 Å². The quantitative estimate of drug-likeness (QED) is 0.0705. The Labute approximate surface area is 303 Å². The maximum atomic E-state index is 10.1. The molecule has 0 amide bonds. The molecule has 1 aromatic carbocycles. The third kappa shape index (κ3) is 30.8. The maximum Gasteiger partial charge on any atom is 0.117 e. The van der Waals surface area contributed by atoms with E-state index in [0.717, 1.165) is 13.1 Å². The average molecular weight is 670 g/mol. The molecule has 48 heavy (non-hydrogen) atoms. The first kappa shape index (κ1) is 44.8. The second-order valence-corrected chi connectivity index (χ2v) is 15.5. The summed E-state index contributed by atoms with van der Waals surface area (Å²) in [6.07, 6.45) is 51.3. The molecule has 0 spiro atoms. The predicted molar refractivity (Wildman–Crippen MR) is 218 cm³/mol. The summed E-state index contributed by atoms with van der Waals surface area (Å²) in [7, 11) is 0. The lowest BCUT2D eigenvalue weighted by Gasteiger charge is -2.25. The summed E-state index contributed by atoms with van der Waals surface area (Å²) in [4.78, 5) is 2.54. The van der Waals surface area contributed by atoms with Crippen molar-refractivity contribution in [2.45, 2.75) is 245 Å². The van der Waals surface area contributed by atoms with Crippen LogP contribution in [0.3, 0.4) is 0 Å². The van der Waals surface area contributed by atoms with Crippen LogP contribution in [-0.4, -0.2) is 18.2 Å². The van der Waals surface area contributed by atoms with E-state index in [1.165, 1.54) is 237 Å². The van der Waals surface area contributed by atoms with Gasteiger partial charge in [0.25, 0.3) is 0 Å². The predicted octanol–water partition coefficient (Wildman–Crippen LogP) is 16.3. The van der Waals surface area contributed by atoms with E-state index in [4.69, 9.17) is 0 Å². The molecule has 0 aliphatic carbocycles. The molecule has 0 aliphatic heterocycles. The van der Waals surface area contributed by atoms with Crippen molar-refractivity contribution < 1.29 is 5.11 Å². The molecule has 0 unspecified atom stereocenters. The highest BCUT2D eigenvalue weighted by Crippen LogP contribution is 2.22. The van der Waals surface area contributed by atoms with Gasteiger partial charge >= 0.3 is 0 Å². The third-order valence-electron chi connectivity index (χ3n) is 10.8. The monoisotopic (exact) mass is 670 g/mol. The van der Waals surface area contributed by atoms with Crippen molar-refractivity contribution in [2.24, 2.45) is 0 Å². The van der Waals surface area contributed by atoms with Gasteiger partial charge in [0.15, 0.2) is 0 Å². The van der Waals surface area contributed by atoms with Gasteiger partial charge in [-0.2, -0.15) is 0 Å². The van der Waals surface area contributed by atoms with Gasteiger partial charge in [0.1, 0.15) is 5.75 Å². The van der Waals surface area contributed by atoms with Crippen LogP contribution in [-0.2, 0) is 0 Å². The van der Waals surface area contributed by atoms with E-state index in [9.17, 15) is 5.11 Å². The smallest absolute Gasteiger partial charge is 0.117 e. The Kier molecular flexibility index (Phi) is 34.6. The van der Waals surface area contributed by atoms with Crippen LogP contribution in [0.5, 0.6) is 5.75 Å². The fourth-order valence-corrected chi connectivity index (χ4v) is 7.47. The van der Waals surface area contributed by atoms with Gasteiger partial charge in [-0.3, -0.25) is 0 Å². The molecule has 282 valence electrons. The molecule has 0 aliphatic rings. The standard InChI is InChI=1S/C46H87NO/c1-3-5-7-9-11-13-15-17-19-21-23-25-27-29-31-33-35-37-42-47(45-40-39-41-46(48)44-45)43-38-36-34-32-30-28-26-24-22-20-18-16-14-12-10-8-6-4-2/h39-41,44,48H,3-38,42-43H2,1-2H3. The lowest BCUT2D eigenvalue weighted by atomic mass is 10.0. The van der Waals surface area contributed by atoms with Gasteiger partial charge in [0.2, 0.25) is 0 Å². The summed E-state index contributed by atoms with van der Waals surface area (Å²) >= 11 is 0. The summed E-state index contributed by atoms with van der Waals surface area (Å²) in [5.74, 6) is 0.396. The molecule has 0 saturated heterocycles.